The quantitative estimate of drug-likeness (QED) is 0.158. The Hall–Kier alpha value is -9.76. The summed E-state index contributed by atoms with van der Waals surface area (Å²) in [7, 11) is 0. The van der Waals surface area contributed by atoms with Gasteiger partial charge in [-0.15, -0.1) is 0 Å². The lowest BCUT2D eigenvalue weighted by Gasteiger charge is -2.40. The highest BCUT2D eigenvalue weighted by atomic mass is 16.3. The van der Waals surface area contributed by atoms with Crippen molar-refractivity contribution >= 4 is 39.0 Å². The second-order valence-electron chi connectivity index (χ2n) is 20.5. The first-order valence-electron chi connectivity index (χ1n) is 26.4. The molecule has 2 nitrogen and oxygen atoms in total. The summed E-state index contributed by atoms with van der Waals surface area (Å²) < 4.78 is 6.61. The second kappa shape index (κ2) is 16.4. The summed E-state index contributed by atoms with van der Waals surface area (Å²) in [5, 5.41) is 2.17. The van der Waals surface area contributed by atoms with Gasteiger partial charge in [-0.25, -0.2) is 0 Å². The maximum absolute atomic E-state index is 6.61. The van der Waals surface area contributed by atoms with E-state index in [9.17, 15) is 0 Å². The fourth-order valence-corrected chi connectivity index (χ4v) is 14.2. The Morgan fingerprint density at radius 2 is 0.671 bits per heavy atom. The van der Waals surface area contributed by atoms with Gasteiger partial charge in [0.2, 0.25) is 0 Å². The van der Waals surface area contributed by atoms with Crippen LogP contribution >= 0.6 is 0 Å². The largest absolute Gasteiger partial charge is 0.456 e. The molecule has 1 heterocycles. The van der Waals surface area contributed by atoms with Crippen LogP contribution in [0.25, 0.3) is 77.6 Å². The van der Waals surface area contributed by atoms with Gasteiger partial charge >= 0.3 is 0 Å². The molecule has 0 radical (unpaired) electrons. The highest BCUT2D eigenvalue weighted by Gasteiger charge is 2.54. The molecule has 0 amide bonds. The molecule has 3 aliphatic rings. The Bertz CT molecular complexity index is 4360. The molecule has 0 atom stereocenters. The SMILES string of the molecule is c1ccc(-c2ccccc2C2(c3ccccc3-c3ccccc3)c3ccccc3-c3cccc(N(c4ccc5oc6ccccc6c5c4)c4cccc5c4-c4ccccc4C54c5ccccc5-c5ccccc54)c32)cc1. The molecule has 0 saturated carbocycles. The van der Waals surface area contributed by atoms with Crippen molar-refractivity contribution in [1.82, 2.24) is 0 Å². The number of anilines is 3. The van der Waals surface area contributed by atoms with Crippen LogP contribution in [0, 0.1) is 0 Å². The van der Waals surface area contributed by atoms with Crippen LogP contribution in [-0.2, 0) is 10.8 Å². The van der Waals surface area contributed by atoms with Crippen LogP contribution in [0.1, 0.15) is 44.5 Å². The Kier molecular flexibility index (Phi) is 9.20. The molecule has 16 rings (SSSR count). The van der Waals surface area contributed by atoms with Crippen LogP contribution in [0.3, 0.4) is 0 Å². The zero-order valence-corrected chi connectivity index (χ0v) is 41.5. The second-order valence-corrected chi connectivity index (χ2v) is 20.5. The van der Waals surface area contributed by atoms with Crippen molar-refractivity contribution in [3.8, 4) is 55.6 Å². The summed E-state index contributed by atoms with van der Waals surface area (Å²) in [5.41, 5.74) is 26.0. The molecule has 354 valence electrons. The number of fused-ring (bicyclic) bond motifs is 16. The fourth-order valence-electron chi connectivity index (χ4n) is 14.2. The molecule has 13 aromatic rings. The van der Waals surface area contributed by atoms with E-state index < -0.39 is 10.8 Å². The van der Waals surface area contributed by atoms with Crippen LogP contribution in [0.2, 0.25) is 0 Å². The van der Waals surface area contributed by atoms with Crippen LogP contribution in [0.5, 0.6) is 0 Å². The van der Waals surface area contributed by atoms with Gasteiger partial charge in [-0.3, -0.25) is 0 Å². The van der Waals surface area contributed by atoms with E-state index in [1.165, 1.54) is 100 Å². The van der Waals surface area contributed by atoms with Crippen LogP contribution in [-0.4, -0.2) is 0 Å². The van der Waals surface area contributed by atoms with Crippen LogP contribution < -0.4 is 4.90 Å². The lowest BCUT2D eigenvalue weighted by Crippen LogP contribution is -2.32. The van der Waals surface area contributed by atoms with Crippen molar-refractivity contribution in [3.05, 3.63) is 330 Å². The zero-order valence-electron chi connectivity index (χ0n) is 41.5. The molecule has 3 aliphatic carbocycles. The van der Waals surface area contributed by atoms with E-state index in [4.69, 9.17) is 4.42 Å². The third-order valence-corrected chi connectivity index (χ3v) is 17.0. The van der Waals surface area contributed by atoms with Gasteiger partial charge in [-0.1, -0.05) is 249 Å². The van der Waals surface area contributed by atoms with E-state index in [0.29, 0.717) is 0 Å². The molecule has 0 saturated heterocycles. The maximum Gasteiger partial charge on any atom is 0.135 e. The molecule has 12 aromatic carbocycles. The number of benzene rings is 12. The van der Waals surface area contributed by atoms with Crippen molar-refractivity contribution in [2.24, 2.45) is 0 Å². The monoisotopic (exact) mass is 965 g/mol. The lowest BCUT2D eigenvalue weighted by atomic mass is 9.63. The first-order chi connectivity index (χ1) is 37.7. The maximum atomic E-state index is 6.61. The third-order valence-electron chi connectivity index (χ3n) is 17.0. The van der Waals surface area contributed by atoms with Crippen molar-refractivity contribution in [2.75, 3.05) is 4.90 Å². The topological polar surface area (TPSA) is 16.4 Å². The van der Waals surface area contributed by atoms with Gasteiger partial charge in [0.15, 0.2) is 0 Å². The minimum atomic E-state index is -0.841. The molecule has 0 N–H and O–H groups in total. The first kappa shape index (κ1) is 42.7. The molecule has 0 unspecified atom stereocenters. The summed E-state index contributed by atoms with van der Waals surface area (Å²) in [4.78, 5) is 2.61. The Morgan fingerprint density at radius 1 is 0.263 bits per heavy atom. The Labute approximate surface area is 442 Å². The number of furan rings is 1. The molecule has 1 aromatic heterocycles. The molecular weight excluding hydrogens is 919 g/mol. The molecule has 0 fully saturated rings. The lowest BCUT2D eigenvalue weighted by molar-refractivity contribution is 0.669. The predicted molar refractivity (Wildman–Crippen MR) is 313 cm³/mol. The molecule has 0 aliphatic heterocycles. The molecular formula is C74H47NO. The van der Waals surface area contributed by atoms with E-state index in [0.717, 1.165) is 39.0 Å². The summed E-state index contributed by atoms with van der Waals surface area (Å²) in [6.07, 6.45) is 0. The van der Waals surface area contributed by atoms with Crippen LogP contribution in [0.15, 0.2) is 290 Å². The Morgan fingerprint density at radius 3 is 1.28 bits per heavy atom. The van der Waals surface area contributed by atoms with E-state index in [2.05, 4.69) is 290 Å². The minimum Gasteiger partial charge on any atom is -0.456 e. The number of hydrogen-bond acceptors (Lipinski definition) is 2. The number of hydrogen-bond donors (Lipinski definition) is 0. The minimum absolute atomic E-state index is 0.534. The van der Waals surface area contributed by atoms with Crippen LogP contribution in [0.4, 0.5) is 17.1 Å². The van der Waals surface area contributed by atoms with E-state index in [1.54, 1.807) is 0 Å². The van der Waals surface area contributed by atoms with E-state index in [-0.39, 0.29) is 0 Å². The zero-order chi connectivity index (χ0) is 50.0. The van der Waals surface area contributed by atoms with Gasteiger partial charge in [0.1, 0.15) is 11.2 Å². The highest BCUT2D eigenvalue weighted by molar-refractivity contribution is 6.09. The fraction of sp³-hybridized carbons (Fsp3) is 0.0270. The average molecular weight is 966 g/mol. The van der Waals surface area contributed by atoms with Gasteiger partial charge in [0, 0.05) is 27.6 Å². The van der Waals surface area contributed by atoms with Gasteiger partial charge in [-0.05, 0) is 125 Å². The van der Waals surface area contributed by atoms with Crippen molar-refractivity contribution in [2.45, 2.75) is 10.8 Å². The van der Waals surface area contributed by atoms with Gasteiger partial charge in [-0.2, -0.15) is 0 Å². The average Bonchev–Trinajstić information content (AvgIpc) is 4.40. The number of nitrogens with zero attached hydrogens (tertiary/aromatic N) is 1. The first-order valence-corrected chi connectivity index (χ1v) is 26.4. The summed E-state index contributed by atoms with van der Waals surface area (Å²) in [6.45, 7) is 0. The van der Waals surface area contributed by atoms with E-state index >= 15 is 0 Å². The van der Waals surface area contributed by atoms with Gasteiger partial charge in [0.05, 0.1) is 22.2 Å². The normalized spacial score (nSPS) is 13.7. The summed E-state index contributed by atoms with van der Waals surface area (Å²) in [6, 6.07) is 106. The van der Waals surface area contributed by atoms with Gasteiger partial charge in [0.25, 0.3) is 0 Å². The van der Waals surface area contributed by atoms with Crippen molar-refractivity contribution in [3.63, 3.8) is 0 Å². The number of rotatable bonds is 7. The standard InChI is InChI=1S/C74H47NO/c1-3-23-48(24-4-1)51-27-7-14-35-60(51)74(61-36-15-8-28-52(61)49-25-5-2-6-26-49)64-39-18-11-31-55(64)57-34-21-43-68(72(57)74)75(50-45-46-70-59(47-50)56-32-13-20-44-69(56)76-70)67-42-22-41-66-71(67)58-33-12-19-40-65(58)73(66)62-37-16-9-29-53(62)54-30-10-17-38-63(54)73/h1-47H. The van der Waals surface area contributed by atoms with Crippen molar-refractivity contribution in [1.29, 1.82) is 0 Å². The number of para-hydroxylation sites is 1. The smallest absolute Gasteiger partial charge is 0.135 e. The summed E-state index contributed by atoms with van der Waals surface area (Å²) in [5.74, 6) is 0. The van der Waals surface area contributed by atoms with Gasteiger partial charge < -0.3 is 9.32 Å². The Balaban J connectivity index is 1.08. The van der Waals surface area contributed by atoms with Crippen molar-refractivity contribution < 1.29 is 4.42 Å². The molecule has 2 heteroatoms. The highest BCUT2D eigenvalue weighted by Crippen LogP contribution is 2.67. The molecule has 76 heavy (non-hydrogen) atoms. The predicted octanol–water partition coefficient (Wildman–Crippen LogP) is 19.1. The molecule has 0 bridgehead atoms. The molecule has 1 spiro atoms. The summed E-state index contributed by atoms with van der Waals surface area (Å²) >= 11 is 0. The third kappa shape index (κ3) is 5.70. The van der Waals surface area contributed by atoms with E-state index in [1.807, 2.05) is 0 Å².